The summed E-state index contributed by atoms with van der Waals surface area (Å²) in [7, 11) is 0. The van der Waals surface area contributed by atoms with Crippen LogP contribution < -0.4 is 4.90 Å². The highest BCUT2D eigenvalue weighted by molar-refractivity contribution is 5.95. The Hall–Kier alpha value is -2.50. The lowest BCUT2D eigenvalue weighted by Crippen LogP contribution is -2.48. The summed E-state index contributed by atoms with van der Waals surface area (Å²) in [5.74, 6) is 0.301. The SMILES string of the molecule is Cc1[nH]ncc1C(=O)N1CCN(c2ccc(O)cc2)CC1. The first-order valence-electron chi connectivity index (χ1n) is 6.98. The number of carbonyl (C=O) groups is 1. The van der Waals surface area contributed by atoms with Gasteiger partial charge in [0.05, 0.1) is 11.8 Å². The number of carbonyl (C=O) groups excluding carboxylic acids is 1. The van der Waals surface area contributed by atoms with Gasteiger partial charge in [0.2, 0.25) is 0 Å². The first kappa shape index (κ1) is 13.5. The highest BCUT2D eigenvalue weighted by Crippen LogP contribution is 2.20. The minimum Gasteiger partial charge on any atom is -0.508 e. The summed E-state index contributed by atoms with van der Waals surface area (Å²) in [6, 6.07) is 7.16. The Balaban J connectivity index is 1.64. The Morgan fingerprint density at radius 2 is 1.86 bits per heavy atom. The molecule has 110 valence electrons. The smallest absolute Gasteiger partial charge is 0.257 e. The average Bonchev–Trinajstić information content (AvgIpc) is 2.94. The molecule has 21 heavy (non-hydrogen) atoms. The Morgan fingerprint density at radius 1 is 1.19 bits per heavy atom. The molecule has 6 heteroatoms. The van der Waals surface area contributed by atoms with E-state index in [4.69, 9.17) is 0 Å². The molecular formula is C15H18N4O2. The molecule has 1 saturated heterocycles. The second kappa shape index (κ2) is 5.47. The first-order valence-corrected chi connectivity index (χ1v) is 6.98. The summed E-state index contributed by atoms with van der Waals surface area (Å²) < 4.78 is 0. The maximum Gasteiger partial charge on any atom is 0.257 e. The highest BCUT2D eigenvalue weighted by atomic mass is 16.3. The van der Waals surface area contributed by atoms with Crippen LogP contribution in [-0.4, -0.2) is 52.3 Å². The van der Waals surface area contributed by atoms with Gasteiger partial charge in [-0.3, -0.25) is 9.89 Å². The van der Waals surface area contributed by atoms with Crippen molar-refractivity contribution in [2.24, 2.45) is 0 Å². The van der Waals surface area contributed by atoms with Crippen molar-refractivity contribution in [1.82, 2.24) is 15.1 Å². The molecule has 0 saturated carbocycles. The first-order chi connectivity index (χ1) is 10.1. The van der Waals surface area contributed by atoms with Crippen molar-refractivity contribution in [3.05, 3.63) is 41.7 Å². The number of piperazine rings is 1. The van der Waals surface area contributed by atoms with E-state index in [1.165, 1.54) is 0 Å². The number of benzene rings is 1. The van der Waals surface area contributed by atoms with Crippen molar-refractivity contribution in [1.29, 1.82) is 0 Å². The van der Waals surface area contributed by atoms with E-state index in [2.05, 4.69) is 15.1 Å². The van der Waals surface area contributed by atoms with Crippen LogP contribution in [0.25, 0.3) is 0 Å². The third-order valence-corrected chi connectivity index (χ3v) is 3.84. The van der Waals surface area contributed by atoms with E-state index in [9.17, 15) is 9.90 Å². The number of aromatic hydroxyl groups is 1. The maximum absolute atomic E-state index is 12.4. The number of rotatable bonds is 2. The molecule has 2 N–H and O–H groups in total. The van der Waals surface area contributed by atoms with Gasteiger partial charge >= 0.3 is 0 Å². The molecule has 1 aromatic heterocycles. The van der Waals surface area contributed by atoms with E-state index in [-0.39, 0.29) is 11.7 Å². The van der Waals surface area contributed by atoms with Crippen molar-refractivity contribution in [3.8, 4) is 5.75 Å². The van der Waals surface area contributed by atoms with Crippen LogP contribution in [0.2, 0.25) is 0 Å². The number of phenols is 1. The minimum absolute atomic E-state index is 0.0339. The molecule has 1 aromatic carbocycles. The van der Waals surface area contributed by atoms with E-state index < -0.39 is 0 Å². The molecular weight excluding hydrogens is 268 g/mol. The second-order valence-electron chi connectivity index (χ2n) is 5.20. The van der Waals surface area contributed by atoms with Gasteiger partial charge in [-0.1, -0.05) is 0 Å². The van der Waals surface area contributed by atoms with Crippen molar-refractivity contribution >= 4 is 11.6 Å². The Labute approximate surface area is 123 Å². The number of nitrogens with zero attached hydrogens (tertiary/aromatic N) is 3. The molecule has 0 atom stereocenters. The Kier molecular flexibility index (Phi) is 3.51. The average molecular weight is 286 g/mol. The number of hydrogen-bond acceptors (Lipinski definition) is 4. The van der Waals surface area contributed by atoms with Crippen LogP contribution in [0.4, 0.5) is 5.69 Å². The van der Waals surface area contributed by atoms with Gasteiger partial charge in [0, 0.05) is 37.6 Å². The van der Waals surface area contributed by atoms with E-state index in [0.717, 1.165) is 24.5 Å². The zero-order valence-electron chi connectivity index (χ0n) is 11.9. The fourth-order valence-corrected chi connectivity index (χ4v) is 2.57. The molecule has 1 aliphatic rings. The Bertz CT molecular complexity index is 627. The number of aryl methyl sites for hydroxylation is 1. The third-order valence-electron chi connectivity index (χ3n) is 3.84. The van der Waals surface area contributed by atoms with Crippen LogP contribution in [0.15, 0.2) is 30.5 Å². The molecule has 1 fully saturated rings. The molecule has 0 spiro atoms. The van der Waals surface area contributed by atoms with E-state index >= 15 is 0 Å². The molecule has 0 radical (unpaired) electrons. The summed E-state index contributed by atoms with van der Waals surface area (Å²) in [5, 5.41) is 16.0. The van der Waals surface area contributed by atoms with Gasteiger partial charge < -0.3 is 14.9 Å². The number of H-pyrrole nitrogens is 1. The molecule has 2 heterocycles. The summed E-state index contributed by atoms with van der Waals surface area (Å²) in [6.45, 7) is 4.79. The predicted molar refractivity (Wildman–Crippen MR) is 79.5 cm³/mol. The van der Waals surface area contributed by atoms with Crippen molar-refractivity contribution in [3.63, 3.8) is 0 Å². The molecule has 0 bridgehead atoms. The molecule has 0 aliphatic carbocycles. The van der Waals surface area contributed by atoms with Crippen molar-refractivity contribution in [2.75, 3.05) is 31.1 Å². The number of hydrogen-bond donors (Lipinski definition) is 2. The molecule has 6 nitrogen and oxygen atoms in total. The molecule has 1 amide bonds. The number of phenolic OH excluding ortho intramolecular Hbond substituents is 1. The largest absolute Gasteiger partial charge is 0.508 e. The maximum atomic E-state index is 12.4. The molecule has 3 rings (SSSR count). The Morgan fingerprint density at radius 3 is 2.43 bits per heavy atom. The number of nitrogens with one attached hydrogen (secondary N) is 1. The van der Waals surface area contributed by atoms with Gasteiger partial charge in [0.25, 0.3) is 5.91 Å². The van der Waals surface area contributed by atoms with Crippen LogP contribution >= 0.6 is 0 Å². The third kappa shape index (κ3) is 2.69. The van der Waals surface area contributed by atoms with E-state index in [0.29, 0.717) is 18.7 Å². The fourth-order valence-electron chi connectivity index (χ4n) is 2.57. The fraction of sp³-hybridized carbons (Fsp3) is 0.333. The topological polar surface area (TPSA) is 72.5 Å². The van der Waals surface area contributed by atoms with Gasteiger partial charge in [-0.25, -0.2) is 0 Å². The zero-order chi connectivity index (χ0) is 14.8. The lowest BCUT2D eigenvalue weighted by molar-refractivity contribution is 0.0746. The summed E-state index contributed by atoms with van der Waals surface area (Å²) >= 11 is 0. The van der Waals surface area contributed by atoms with Gasteiger partial charge in [-0.2, -0.15) is 5.10 Å². The van der Waals surface area contributed by atoms with Crippen molar-refractivity contribution in [2.45, 2.75) is 6.92 Å². The van der Waals surface area contributed by atoms with Crippen molar-refractivity contribution < 1.29 is 9.90 Å². The lowest BCUT2D eigenvalue weighted by Gasteiger charge is -2.36. The second-order valence-corrected chi connectivity index (χ2v) is 5.20. The van der Waals surface area contributed by atoms with Crippen LogP contribution in [-0.2, 0) is 0 Å². The highest BCUT2D eigenvalue weighted by Gasteiger charge is 2.23. The van der Waals surface area contributed by atoms with Crippen LogP contribution in [0, 0.1) is 6.92 Å². The van der Waals surface area contributed by atoms with Gasteiger partial charge in [-0.15, -0.1) is 0 Å². The van der Waals surface area contributed by atoms with Gasteiger partial charge in [-0.05, 0) is 31.2 Å². The van der Waals surface area contributed by atoms with Gasteiger partial charge in [0.15, 0.2) is 0 Å². The number of anilines is 1. The minimum atomic E-state index is 0.0339. The molecule has 0 unspecified atom stereocenters. The van der Waals surface area contributed by atoms with Crippen LogP contribution in [0.3, 0.4) is 0 Å². The lowest BCUT2D eigenvalue weighted by atomic mass is 10.2. The van der Waals surface area contributed by atoms with Crippen LogP contribution in [0.5, 0.6) is 5.75 Å². The standard InChI is InChI=1S/C15H18N4O2/c1-11-14(10-16-17-11)15(21)19-8-6-18(7-9-19)12-2-4-13(20)5-3-12/h2-5,10,20H,6-9H2,1H3,(H,16,17). The summed E-state index contributed by atoms with van der Waals surface area (Å²) in [4.78, 5) is 16.5. The normalized spacial score (nSPS) is 15.3. The summed E-state index contributed by atoms with van der Waals surface area (Å²) in [5.41, 5.74) is 2.52. The van der Waals surface area contributed by atoms with Crippen LogP contribution in [0.1, 0.15) is 16.1 Å². The quantitative estimate of drug-likeness (QED) is 0.875. The predicted octanol–water partition coefficient (Wildman–Crippen LogP) is 1.39. The molecule has 1 aliphatic heterocycles. The van der Waals surface area contributed by atoms with Gasteiger partial charge in [0.1, 0.15) is 5.75 Å². The zero-order valence-corrected chi connectivity index (χ0v) is 11.9. The number of amides is 1. The van der Waals surface area contributed by atoms with E-state index in [1.807, 2.05) is 24.0 Å². The number of aromatic nitrogens is 2. The molecule has 2 aromatic rings. The summed E-state index contributed by atoms with van der Waals surface area (Å²) in [6.07, 6.45) is 1.59. The monoisotopic (exact) mass is 286 g/mol. The number of aromatic amines is 1. The van der Waals surface area contributed by atoms with E-state index in [1.54, 1.807) is 18.3 Å².